The number of nitrogens with two attached hydrogens (primary N) is 1. The fraction of sp³-hybridized carbons (Fsp3) is 0. The molecule has 0 spiro atoms. The van der Waals surface area contributed by atoms with Crippen molar-refractivity contribution in [3.8, 4) is 23.6 Å². The van der Waals surface area contributed by atoms with Crippen LogP contribution in [0.2, 0.25) is 0 Å². The lowest BCUT2D eigenvalue weighted by Crippen LogP contribution is -1.96. The molecule has 0 atom stereocenters. The molecule has 1 aromatic carbocycles. The van der Waals surface area contributed by atoms with Crippen molar-refractivity contribution in [2.45, 2.75) is 0 Å². The maximum Gasteiger partial charge on any atom is 0.163 e. The SMILES string of the molecule is N#Cc1cc(N)c(Oc2ccc(C#N)nc2)c(I)c1. The Morgan fingerprint density at radius 2 is 2.00 bits per heavy atom. The first-order chi connectivity index (χ1) is 9.13. The van der Waals surface area contributed by atoms with Crippen LogP contribution < -0.4 is 10.5 Å². The zero-order valence-corrected chi connectivity index (χ0v) is 11.7. The Bertz CT molecular complexity index is 675. The number of aromatic nitrogens is 1. The molecule has 6 heteroatoms. The van der Waals surface area contributed by atoms with E-state index < -0.39 is 0 Å². The topological polar surface area (TPSA) is 95.7 Å². The number of rotatable bonds is 2. The summed E-state index contributed by atoms with van der Waals surface area (Å²) in [5, 5.41) is 17.5. The van der Waals surface area contributed by atoms with E-state index in [4.69, 9.17) is 21.0 Å². The number of nitrogen functional groups attached to an aromatic ring is 1. The summed E-state index contributed by atoms with van der Waals surface area (Å²) < 4.78 is 6.36. The lowest BCUT2D eigenvalue weighted by atomic mass is 10.2. The van der Waals surface area contributed by atoms with Crippen LogP contribution in [0.5, 0.6) is 11.5 Å². The average molecular weight is 362 g/mol. The fourth-order valence-corrected chi connectivity index (χ4v) is 2.17. The zero-order chi connectivity index (χ0) is 13.8. The molecule has 0 aliphatic rings. The molecule has 92 valence electrons. The average Bonchev–Trinajstić information content (AvgIpc) is 2.43. The van der Waals surface area contributed by atoms with Crippen molar-refractivity contribution in [3.05, 3.63) is 45.3 Å². The first-order valence-corrected chi connectivity index (χ1v) is 6.25. The Morgan fingerprint density at radius 3 is 2.53 bits per heavy atom. The number of benzene rings is 1. The lowest BCUT2D eigenvalue weighted by Gasteiger charge is -2.10. The minimum absolute atomic E-state index is 0.315. The molecule has 0 bridgehead atoms. The number of halogens is 1. The van der Waals surface area contributed by atoms with E-state index in [1.165, 1.54) is 6.20 Å². The number of pyridine rings is 1. The molecule has 2 N–H and O–H groups in total. The van der Waals surface area contributed by atoms with E-state index >= 15 is 0 Å². The third-order valence-electron chi connectivity index (χ3n) is 2.27. The van der Waals surface area contributed by atoms with E-state index in [-0.39, 0.29) is 0 Å². The molecule has 0 saturated heterocycles. The number of hydrogen-bond donors (Lipinski definition) is 1. The van der Waals surface area contributed by atoms with E-state index in [2.05, 4.69) is 4.98 Å². The number of anilines is 1. The van der Waals surface area contributed by atoms with Gasteiger partial charge in [0.05, 0.1) is 27.1 Å². The summed E-state index contributed by atoms with van der Waals surface area (Å²) in [4.78, 5) is 3.90. The predicted molar refractivity (Wildman–Crippen MR) is 77.3 cm³/mol. The van der Waals surface area contributed by atoms with Crippen LogP contribution in [0.1, 0.15) is 11.3 Å². The van der Waals surface area contributed by atoms with Crippen molar-refractivity contribution < 1.29 is 4.74 Å². The van der Waals surface area contributed by atoms with Gasteiger partial charge >= 0.3 is 0 Å². The summed E-state index contributed by atoms with van der Waals surface area (Å²) in [6.07, 6.45) is 1.45. The molecule has 5 nitrogen and oxygen atoms in total. The molecule has 1 aromatic heterocycles. The van der Waals surface area contributed by atoms with Gasteiger partial charge in [0.15, 0.2) is 5.75 Å². The van der Waals surface area contributed by atoms with Gasteiger partial charge in [-0.05, 0) is 46.9 Å². The van der Waals surface area contributed by atoms with Gasteiger partial charge < -0.3 is 10.5 Å². The number of nitriles is 2. The summed E-state index contributed by atoms with van der Waals surface area (Å²) in [5.41, 5.74) is 7.02. The standard InChI is InChI=1S/C13H7IN4O/c14-11-3-8(5-15)4-12(17)13(11)19-10-2-1-9(6-16)18-7-10/h1-4,7H,17H2. The third-order valence-corrected chi connectivity index (χ3v) is 3.07. The molecule has 0 aliphatic heterocycles. The molecule has 0 saturated carbocycles. The second kappa shape index (κ2) is 5.55. The van der Waals surface area contributed by atoms with Crippen LogP contribution in [0, 0.1) is 26.2 Å². The summed E-state index contributed by atoms with van der Waals surface area (Å²) in [6.45, 7) is 0. The molecule has 2 rings (SSSR count). The second-order valence-electron chi connectivity index (χ2n) is 3.58. The monoisotopic (exact) mass is 362 g/mol. The maximum absolute atomic E-state index is 8.83. The summed E-state index contributed by atoms with van der Waals surface area (Å²) in [5.74, 6) is 0.958. The van der Waals surface area contributed by atoms with E-state index in [1.54, 1.807) is 24.3 Å². The number of nitrogens with zero attached hydrogens (tertiary/aromatic N) is 3. The van der Waals surface area contributed by atoms with E-state index in [0.717, 1.165) is 3.57 Å². The second-order valence-corrected chi connectivity index (χ2v) is 4.74. The van der Waals surface area contributed by atoms with Crippen molar-refractivity contribution in [1.82, 2.24) is 4.98 Å². The van der Waals surface area contributed by atoms with Gasteiger partial charge in [0.25, 0.3) is 0 Å². The molecule has 0 unspecified atom stereocenters. The summed E-state index contributed by atoms with van der Waals surface area (Å²) >= 11 is 2.05. The predicted octanol–water partition coefficient (Wildman–Crippen LogP) is 2.80. The largest absolute Gasteiger partial charge is 0.452 e. The van der Waals surface area contributed by atoms with Crippen LogP contribution in [0.15, 0.2) is 30.5 Å². The first kappa shape index (κ1) is 13.1. The highest BCUT2D eigenvalue weighted by Crippen LogP contribution is 2.33. The van der Waals surface area contributed by atoms with E-state index in [9.17, 15) is 0 Å². The van der Waals surface area contributed by atoms with Crippen LogP contribution in [0.3, 0.4) is 0 Å². The van der Waals surface area contributed by atoms with Gasteiger partial charge in [-0.15, -0.1) is 0 Å². The van der Waals surface area contributed by atoms with Gasteiger partial charge in [-0.2, -0.15) is 10.5 Å². The van der Waals surface area contributed by atoms with Gasteiger partial charge in [0, 0.05) is 0 Å². The van der Waals surface area contributed by atoms with Gasteiger partial charge in [0.2, 0.25) is 0 Å². The molecule has 0 amide bonds. The number of ether oxygens (including phenoxy) is 1. The molecular weight excluding hydrogens is 355 g/mol. The van der Waals surface area contributed by atoms with Crippen molar-refractivity contribution in [1.29, 1.82) is 10.5 Å². The molecule has 19 heavy (non-hydrogen) atoms. The lowest BCUT2D eigenvalue weighted by molar-refractivity contribution is 0.479. The molecular formula is C13H7IN4O. The Morgan fingerprint density at radius 1 is 1.21 bits per heavy atom. The van der Waals surface area contributed by atoms with Crippen molar-refractivity contribution in [3.63, 3.8) is 0 Å². The third kappa shape index (κ3) is 2.92. The van der Waals surface area contributed by atoms with Gasteiger partial charge in [-0.3, -0.25) is 0 Å². The minimum atomic E-state index is 0.315. The molecule has 2 aromatic rings. The van der Waals surface area contributed by atoms with Crippen LogP contribution >= 0.6 is 22.6 Å². The minimum Gasteiger partial charge on any atom is -0.452 e. The Balaban J connectivity index is 2.33. The Hall–Kier alpha value is -2.32. The van der Waals surface area contributed by atoms with Crippen LogP contribution in [-0.2, 0) is 0 Å². The highest BCUT2D eigenvalue weighted by atomic mass is 127. The van der Waals surface area contributed by atoms with Crippen molar-refractivity contribution in [2.24, 2.45) is 0 Å². The quantitative estimate of drug-likeness (QED) is 0.655. The van der Waals surface area contributed by atoms with Crippen LogP contribution in [0.4, 0.5) is 5.69 Å². The Kier molecular flexibility index (Phi) is 3.83. The molecule has 0 radical (unpaired) electrons. The van der Waals surface area contributed by atoms with Crippen LogP contribution in [0.25, 0.3) is 0 Å². The van der Waals surface area contributed by atoms with Crippen molar-refractivity contribution >= 4 is 28.3 Å². The Labute approximate surface area is 123 Å². The van der Waals surface area contributed by atoms with E-state index in [0.29, 0.717) is 28.4 Å². The highest BCUT2D eigenvalue weighted by Gasteiger charge is 2.10. The fourth-order valence-electron chi connectivity index (χ4n) is 1.41. The number of hydrogen-bond acceptors (Lipinski definition) is 5. The normalized spacial score (nSPS) is 9.42. The summed E-state index contributed by atoms with van der Waals surface area (Å²) in [7, 11) is 0. The molecule has 1 heterocycles. The van der Waals surface area contributed by atoms with Crippen molar-refractivity contribution in [2.75, 3.05) is 5.73 Å². The highest BCUT2D eigenvalue weighted by molar-refractivity contribution is 14.1. The van der Waals surface area contributed by atoms with E-state index in [1.807, 2.05) is 34.7 Å². The first-order valence-electron chi connectivity index (χ1n) is 5.17. The van der Waals surface area contributed by atoms with Gasteiger partial charge in [-0.25, -0.2) is 4.98 Å². The smallest absolute Gasteiger partial charge is 0.163 e. The van der Waals surface area contributed by atoms with Gasteiger partial charge in [-0.1, -0.05) is 0 Å². The zero-order valence-electron chi connectivity index (χ0n) is 9.59. The molecule has 0 aliphatic carbocycles. The molecule has 0 fully saturated rings. The van der Waals surface area contributed by atoms with Crippen LogP contribution in [-0.4, -0.2) is 4.98 Å². The maximum atomic E-state index is 8.83. The van der Waals surface area contributed by atoms with Gasteiger partial charge in [0.1, 0.15) is 17.5 Å². The summed E-state index contributed by atoms with van der Waals surface area (Å²) in [6, 6.07) is 10.4.